The van der Waals surface area contributed by atoms with Gasteiger partial charge in [0.15, 0.2) is 0 Å². The summed E-state index contributed by atoms with van der Waals surface area (Å²) < 4.78 is 0. The first-order valence-corrected chi connectivity index (χ1v) is 9.51. The molecule has 144 valence electrons. The van der Waals surface area contributed by atoms with Crippen LogP contribution in [0.25, 0.3) is 10.9 Å². The standard InChI is InChI=1S/C21H28N4O2/c1-13-8-15(9-19(26)17(22)10-20(23)27)12-25(11-13)18-6-5-14(2)21-16(18)4-3-7-24-21/h3-7,13,15,17H,8-12,22H2,1-2H3,(H2,23,27)/t13-,15-,17-/m0/s1. The highest BCUT2D eigenvalue weighted by molar-refractivity contribution is 5.94. The molecule has 0 saturated carbocycles. The van der Waals surface area contributed by atoms with E-state index < -0.39 is 11.9 Å². The quantitative estimate of drug-likeness (QED) is 0.813. The largest absolute Gasteiger partial charge is 0.370 e. The van der Waals surface area contributed by atoms with Gasteiger partial charge in [0.1, 0.15) is 5.78 Å². The minimum atomic E-state index is -0.794. The average molecular weight is 368 g/mol. The molecule has 3 atom stereocenters. The van der Waals surface area contributed by atoms with Crippen molar-refractivity contribution in [1.29, 1.82) is 0 Å². The fourth-order valence-electron chi connectivity index (χ4n) is 4.17. The van der Waals surface area contributed by atoms with Gasteiger partial charge in [0.2, 0.25) is 5.91 Å². The molecule has 1 saturated heterocycles. The van der Waals surface area contributed by atoms with Crippen LogP contribution in [0.3, 0.4) is 0 Å². The summed E-state index contributed by atoms with van der Waals surface area (Å²) in [6.45, 7) is 6.03. The number of ketones is 1. The van der Waals surface area contributed by atoms with E-state index in [4.69, 9.17) is 11.5 Å². The Morgan fingerprint density at radius 3 is 2.81 bits per heavy atom. The number of amides is 1. The van der Waals surface area contributed by atoms with E-state index in [1.165, 1.54) is 0 Å². The van der Waals surface area contributed by atoms with Gasteiger partial charge in [0.25, 0.3) is 0 Å². The third-order valence-corrected chi connectivity index (χ3v) is 5.36. The predicted molar refractivity (Wildman–Crippen MR) is 107 cm³/mol. The van der Waals surface area contributed by atoms with Crippen LogP contribution in [0.5, 0.6) is 0 Å². The maximum Gasteiger partial charge on any atom is 0.219 e. The van der Waals surface area contributed by atoms with E-state index >= 15 is 0 Å². The van der Waals surface area contributed by atoms with Crippen molar-refractivity contribution in [3.05, 3.63) is 36.0 Å². The molecule has 1 aromatic carbocycles. The van der Waals surface area contributed by atoms with Gasteiger partial charge < -0.3 is 16.4 Å². The van der Waals surface area contributed by atoms with Gasteiger partial charge in [-0.15, -0.1) is 0 Å². The number of rotatable bonds is 6. The summed E-state index contributed by atoms with van der Waals surface area (Å²) in [7, 11) is 0. The van der Waals surface area contributed by atoms with Gasteiger partial charge in [-0.05, 0) is 48.9 Å². The molecular weight excluding hydrogens is 340 g/mol. The fraction of sp³-hybridized carbons (Fsp3) is 0.476. The number of anilines is 1. The summed E-state index contributed by atoms with van der Waals surface area (Å²) in [6, 6.07) is 7.52. The van der Waals surface area contributed by atoms with E-state index in [-0.39, 0.29) is 18.1 Å². The third kappa shape index (κ3) is 4.45. The molecule has 1 aliphatic rings. The monoisotopic (exact) mass is 368 g/mol. The highest BCUT2D eigenvalue weighted by Gasteiger charge is 2.29. The average Bonchev–Trinajstić information content (AvgIpc) is 2.61. The summed E-state index contributed by atoms with van der Waals surface area (Å²) in [4.78, 5) is 30.3. The third-order valence-electron chi connectivity index (χ3n) is 5.36. The number of fused-ring (bicyclic) bond motifs is 1. The molecule has 1 aromatic heterocycles. The fourth-order valence-corrected chi connectivity index (χ4v) is 4.17. The number of Topliss-reactive ketones (excluding diaryl/α,β-unsaturated/α-hetero) is 1. The van der Waals surface area contributed by atoms with Crippen molar-refractivity contribution in [2.45, 2.75) is 39.2 Å². The van der Waals surface area contributed by atoms with Gasteiger partial charge in [-0.3, -0.25) is 14.6 Å². The van der Waals surface area contributed by atoms with E-state index in [0.717, 1.165) is 41.7 Å². The Hall–Kier alpha value is -2.47. The van der Waals surface area contributed by atoms with Crippen LogP contribution in [0.2, 0.25) is 0 Å². The van der Waals surface area contributed by atoms with E-state index in [2.05, 4.69) is 41.9 Å². The minimum absolute atomic E-state index is 0.0803. The second-order valence-electron chi connectivity index (χ2n) is 7.86. The molecule has 2 aromatic rings. The van der Waals surface area contributed by atoms with E-state index in [1.54, 1.807) is 0 Å². The van der Waals surface area contributed by atoms with Gasteiger partial charge in [0, 0.05) is 43.2 Å². The van der Waals surface area contributed by atoms with Crippen molar-refractivity contribution in [2.24, 2.45) is 23.3 Å². The Bertz CT molecular complexity index is 851. The first kappa shape index (κ1) is 19.3. The molecule has 1 amide bonds. The predicted octanol–water partition coefficient (Wildman–Crippen LogP) is 2.17. The van der Waals surface area contributed by atoms with Crippen molar-refractivity contribution in [1.82, 2.24) is 4.98 Å². The lowest BCUT2D eigenvalue weighted by molar-refractivity contribution is -0.125. The molecule has 6 heteroatoms. The molecule has 27 heavy (non-hydrogen) atoms. The Morgan fingerprint density at radius 1 is 1.30 bits per heavy atom. The van der Waals surface area contributed by atoms with Gasteiger partial charge in [-0.2, -0.15) is 0 Å². The second kappa shape index (κ2) is 8.05. The normalized spacial score (nSPS) is 21.2. The summed E-state index contributed by atoms with van der Waals surface area (Å²) >= 11 is 0. The number of aryl methyl sites for hydroxylation is 1. The van der Waals surface area contributed by atoms with E-state index in [0.29, 0.717) is 12.3 Å². The Balaban J connectivity index is 1.79. The van der Waals surface area contributed by atoms with Gasteiger partial charge in [-0.1, -0.05) is 13.0 Å². The van der Waals surface area contributed by atoms with Crippen LogP contribution in [0.4, 0.5) is 5.69 Å². The van der Waals surface area contributed by atoms with E-state index in [1.807, 2.05) is 12.3 Å². The first-order valence-electron chi connectivity index (χ1n) is 9.51. The van der Waals surface area contributed by atoms with Crippen LogP contribution in [-0.4, -0.2) is 35.8 Å². The van der Waals surface area contributed by atoms with Gasteiger partial charge >= 0.3 is 0 Å². The number of aromatic nitrogens is 1. The number of carbonyl (C=O) groups is 2. The SMILES string of the molecule is Cc1ccc(N2C[C@@H](C)C[C@@H](CC(=O)[C@@H](N)CC(N)=O)C2)c2cccnc12. The highest BCUT2D eigenvalue weighted by Crippen LogP contribution is 2.33. The smallest absolute Gasteiger partial charge is 0.219 e. The van der Waals surface area contributed by atoms with Crippen molar-refractivity contribution >= 4 is 28.3 Å². The lowest BCUT2D eigenvalue weighted by Crippen LogP contribution is -2.43. The molecule has 0 spiro atoms. The zero-order valence-corrected chi connectivity index (χ0v) is 16.0. The van der Waals surface area contributed by atoms with Gasteiger partial charge in [-0.25, -0.2) is 0 Å². The number of piperidine rings is 1. The van der Waals surface area contributed by atoms with Crippen molar-refractivity contribution in [3.63, 3.8) is 0 Å². The van der Waals surface area contributed by atoms with Crippen molar-refractivity contribution < 1.29 is 9.59 Å². The number of pyridine rings is 1. The van der Waals surface area contributed by atoms with Crippen LogP contribution in [0.15, 0.2) is 30.5 Å². The molecule has 0 unspecified atom stereocenters. The Labute approximate surface area is 159 Å². The second-order valence-corrected chi connectivity index (χ2v) is 7.86. The summed E-state index contributed by atoms with van der Waals surface area (Å²) in [5, 5.41) is 1.14. The van der Waals surface area contributed by atoms with Crippen molar-refractivity contribution in [3.8, 4) is 0 Å². The number of carbonyl (C=O) groups excluding carboxylic acids is 2. The zero-order valence-electron chi connectivity index (χ0n) is 16.0. The number of benzene rings is 1. The van der Waals surface area contributed by atoms with Crippen LogP contribution < -0.4 is 16.4 Å². The molecule has 1 aliphatic heterocycles. The maximum atomic E-state index is 12.4. The highest BCUT2D eigenvalue weighted by atomic mass is 16.1. The molecule has 0 radical (unpaired) electrons. The number of nitrogens with two attached hydrogens (primary N) is 2. The molecule has 2 heterocycles. The number of hydrogen-bond donors (Lipinski definition) is 2. The molecule has 0 aliphatic carbocycles. The lowest BCUT2D eigenvalue weighted by Gasteiger charge is -2.38. The number of hydrogen-bond acceptors (Lipinski definition) is 5. The molecule has 1 fully saturated rings. The first-order chi connectivity index (χ1) is 12.8. The summed E-state index contributed by atoms with van der Waals surface area (Å²) in [6.07, 6.45) is 3.10. The Kier molecular flexibility index (Phi) is 5.75. The summed E-state index contributed by atoms with van der Waals surface area (Å²) in [5.74, 6) is 0.0709. The van der Waals surface area contributed by atoms with Crippen molar-refractivity contribution in [2.75, 3.05) is 18.0 Å². The minimum Gasteiger partial charge on any atom is -0.370 e. The zero-order chi connectivity index (χ0) is 19.6. The number of nitrogens with zero attached hydrogens (tertiary/aromatic N) is 2. The maximum absolute atomic E-state index is 12.4. The van der Waals surface area contributed by atoms with Gasteiger partial charge in [0.05, 0.1) is 11.6 Å². The topological polar surface area (TPSA) is 102 Å². The molecule has 6 nitrogen and oxygen atoms in total. The summed E-state index contributed by atoms with van der Waals surface area (Å²) in [5.41, 5.74) is 14.3. The van der Waals surface area contributed by atoms with Crippen LogP contribution in [0.1, 0.15) is 31.7 Å². The van der Waals surface area contributed by atoms with E-state index in [9.17, 15) is 9.59 Å². The molecular formula is C21H28N4O2. The van der Waals surface area contributed by atoms with Crippen LogP contribution in [0, 0.1) is 18.8 Å². The molecule has 4 N–H and O–H groups in total. The lowest BCUT2D eigenvalue weighted by atomic mass is 9.85. The van der Waals surface area contributed by atoms with Crippen LogP contribution >= 0.6 is 0 Å². The molecule has 0 bridgehead atoms. The number of primary amides is 1. The Morgan fingerprint density at radius 2 is 2.07 bits per heavy atom. The molecule has 3 rings (SSSR count). The van der Waals surface area contributed by atoms with Crippen LogP contribution in [-0.2, 0) is 9.59 Å².